The Hall–Kier alpha value is -1.20. The Labute approximate surface area is 137 Å². The number of aromatic nitrogens is 1. The van der Waals surface area contributed by atoms with Gasteiger partial charge in [0.1, 0.15) is 4.88 Å². The summed E-state index contributed by atoms with van der Waals surface area (Å²) in [6.07, 6.45) is 1.72. The molecule has 1 N–H and O–H groups in total. The lowest BCUT2D eigenvalue weighted by molar-refractivity contribution is 0.0939. The highest BCUT2D eigenvalue weighted by Crippen LogP contribution is 2.23. The molecule has 1 atom stereocenters. The Balaban J connectivity index is 2.15. The van der Waals surface area contributed by atoms with Crippen LogP contribution in [0.3, 0.4) is 0 Å². The zero-order valence-electron chi connectivity index (χ0n) is 12.4. The van der Waals surface area contributed by atoms with Crippen molar-refractivity contribution in [2.24, 2.45) is 0 Å². The van der Waals surface area contributed by atoms with Gasteiger partial charge in [-0.05, 0) is 37.5 Å². The standard InChI is InChI=1S/C16H19BrN2OS/c1-4-13(11-6-8-12(17)9-7-11)19-16(20)15-10(3)18-14(5-2)21-15/h6-9,13H,4-5H2,1-3H3,(H,19,20). The third kappa shape index (κ3) is 3.92. The Bertz CT molecular complexity index is 622. The molecule has 1 amide bonds. The Morgan fingerprint density at radius 1 is 1.33 bits per heavy atom. The summed E-state index contributed by atoms with van der Waals surface area (Å²) in [5.41, 5.74) is 1.94. The molecule has 0 aliphatic carbocycles. The van der Waals surface area contributed by atoms with E-state index in [0.29, 0.717) is 0 Å². The number of thiazole rings is 1. The Morgan fingerprint density at radius 3 is 2.52 bits per heavy atom. The van der Waals surface area contributed by atoms with Crippen LogP contribution in [-0.2, 0) is 6.42 Å². The van der Waals surface area contributed by atoms with Gasteiger partial charge in [0.25, 0.3) is 5.91 Å². The van der Waals surface area contributed by atoms with E-state index in [2.05, 4.69) is 40.1 Å². The average molecular weight is 367 g/mol. The highest BCUT2D eigenvalue weighted by atomic mass is 79.9. The summed E-state index contributed by atoms with van der Waals surface area (Å²) in [6, 6.07) is 8.09. The monoisotopic (exact) mass is 366 g/mol. The fraction of sp³-hybridized carbons (Fsp3) is 0.375. The number of rotatable bonds is 5. The first-order valence-corrected chi connectivity index (χ1v) is 8.68. The van der Waals surface area contributed by atoms with E-state index in [1.165, 1.54) is 11.3 Å². The van der Waals surface area contributed by atoms with Gasteiger partial charge in [-0.1, -0.05) is 41.9 Å². The fourth-order valence-corrected chi connectivity index (χ4v) is 3.33. The summed E-state index contributed by atoms with van der Waals surface area (Å²) >= 11 is 4.92. The average Bonchev–Trinajstić information content (AvgIpc) is 2.87. The van der Waals surface area contributed by atoms with Crippen LogP contribution < -0.4 is 5.32 Å². The summed E-state index contributed by atoms with van der Waals surface area (Å²) in [5, 5.41) is 4.12. The second-order valence-corrected chi connectivity index (χ2v) is 6.86. The predicted octanol–water partition coefficient (Wildman–Crippen LogP) is 4.66. The highest BCUT2D eigenvalue weighted by Gasteiger charge is 2.18. The first-order valence-electron chi connectivity index (χ1n) is 7.07. The van der Waals surface area contributed by atoms with E-state index in [1.807, 2.05) is 31.2 Å². The van der Waals surface area contributed by atoms with Gasteiger partial charge in [0, 0.05) is 4.47 Å². The minimum absolute atomic E-state index is 0.0252. The van der Waals surface area contributed by atoms with Gasteiger partial charge >= 0.3 is 0 Å². The minimum Gasteiger partial charge on any atom is -0.344 e. The van der Waals surface area contributed by atoms with Crippen molar-refractivity contribution in [1.82, 2.24) is 10.3 Å². The molecule has 2 rings (SSSR count). The molecular weight excluding hydrogens is 348 g/mol. The smallest absolute Gasteiger partial charge is 0.263 e. The molecule has 1 aromatic heterocycles. The van der Waals surface area contributed by atoms with Crippen molar-refractivity contribution in [1.29, 1.82) is 0 Å². The van der Waals surface area contributed by atoms with E-state index in [0.717, 1.165) is 38.5 Å². The zero-order chi connectivity index (χ0) is 15.4. The first-order chi connectivity index (χ1) is 10.0. The van der Waals surface area contributed by atoms with Crippen LogP contribution in [0.5, 0.6) is 0 Å². The minimum atomic E-state index is -0.0283. The molecule has 1 heterocycles. The number of benzene rings is 1. The van der Waals surface area contributed by atoms with E-state index >= 15 is 0 Å². The molecule has 0 aliphatic rings. The normalized spacial score (nSPS) is 12.2. The van der Waals surface area contributed by atoms with Crippen molar-refractivity contribution < 1.29 is 4.79 Å². The number of nitrogens with zero attached hydrogens (tertiary/aromatic N) is 1. The largest absolute Gasteiger partial charge is 0.344 e. The van der Waals surface area contributed by atoms with Crippen LogP contribution in [0.1, 0.15) is 52.2 Å². The van der Waals surface area contributed by atoms with Gasteiger partial charge in [-0.15, -0.1) is 11.3 Å². The van der Waals surface area contributed by atoms with Crippen molar-refractivity contribution in [3.05, 3.63) is 49.9 Å². The van der Waals surface area contributed by atoms with Gasteiger partial charge in [0.05, 0.1) is 16.7 Å². The lowest BCUT2D eigenvalue weighted by Gasteiger charge is -2.17. The number of carbonyl (C=O) groups excluding carboxylic acids is 1. The Kier molecular flexibility index (Phi) is 5.53. The molecule has 0 spiro atoms. The molecular formula is C16H19BrN2OS. The van der Waals surface area contributed by atoms with Crippen molar-refractivity contribution in [3.63, 3.8) is 0 Å². The third-order valence-electron chi connectivity index (χ3n) is 3.34. The van der Waals surface area contributed by atoms with Gasteiger partial charge in [-0.3, -0.25) is 4.79 Å². The molecule has 0 fully saturated rings. The van der Waals surface area contributed by atoms with Gasteiger partial charge in [0.2, 0.25) is 0 Å². The van der Waals surface area contributed by atoms with Crippen LogP contribution in [0.4, 0.5) is 0 Å². The third-order valence-corrected chi connectivity index (χ3v) is 5.16. The molecule has 1 unspecified atom stereocenters. The number of amides is 1. The van der Waals surface area contributed by atoms with Gasteiger partial charge in [-0.2, -0.15) is 0 Å². The van der Waals surface area contributed by atoms with E-state index in [4.69, 9.17) is 0 Å². The number of nitrogens with one attached hydrogen (secondary N) is 1. The molecule has 1 aromatic carbocycles. The van der Waals surface area contributed by atoms with E-state index in [1.54, 1.807) is 0 Å². The first kappa shape index (κ1) is 16.2. The molecule has 0 radical (unpaired) electrons. The Morgan fingerprint density at radius 2 is 2.00 bits per heavy atom. The second-order valence-electron chi connectivity index (χ2n) is 4.86. The topological polar surface area (TPSA) is 42.0 Å². The lowest BCUT2D eigenvalue weighted by Crippen LogP contribution is -2.28. The highest BCUT2D eigenvalue weighted by molar-refractivity contribution is 9.10. The molecule has 2 aromatic rings. The van der Waals surface area contributed by atoms with E-state index in [9.17, 15) is 4.79 Å². The molecule has 112 valence electrons. The maximum absolute atomic E-state index is 12.5. The van der Waals surface area contributed by atoms with Crippen LogP contribution in [0.2, 0.25) is 0 Å². The summed E-state index contributed by atoms with van der Waals surface area (Å²) in [4.78, 5) is 17.6. The van der Waals surface area contributed by atoms with Gasteiger partial charge < -0.3 is 5.32 Å². The number of aryl methyl sites for hydroxylation is 2. The van der Waals surface area contributed by atoms with Crippen LogP contribution in [0.15, 0.2) is 28.7 Å². The number of carbonyl (C=O) groups is 1. The molecule has 21 heavy (non-hydrogen) atoms. The summed E-state index contributed by atoms with van der Waals surface area (Å²) < 4.78 is 1.04. The van der Waals surface area contributed by atoms with Crippen LogP contribution in [-0.4, -0.2) is 10.9 Å². The quantitative estimate of drug-likeness (QED) is 0.835. The van der Waals surface area contributed by atoms with Crippen LogP contribution in [0, 0.1) is 6.92 Å². The fourth-order valence-electron chi connectivity index (χ4n) is 2.15. The lowest BCUT2D eigenvalue weighted by atomic mass is 10.0. The number of hydrogen-bond acceptors (Lipinski definition) is 3. The van der Waals surface area contributed by atoms with Crippen molar-refractivity contribution >= 4 is 33.2 Å². The van der Waals surface area contributed by atoms with Gasteiger partial charge in [-0.25, -0.2) is 4.98 Å². The van der Waals surface area contributed by atoms with Crippen molar-refractivity contribution in [3.8, 4) is 0 Å². The van der Waals surface area contributed by atoms with Crippen molar-refractivity contribution in [2.75, 3.05) is 0 Å². The van der Waals surface area contributed by atoms with E-state index < -0.39 is 0 Å². The maximum atomic E-state index is 12.5. The number of halogens is 1. The second kappa shape index (κ2) is 7.18. The van der Waals surface area contributed by atoms with E-state index in [-0.39, 0.29) is 11.9 Å². The maximum Gasteiger partial charge on any atom is 0.263 e. The molecule has 0 saturated heterocycles. The summed E-state index contributed by atoms with van der Waals surface area (Å²) in [5.74, 6) is -0.0283. The van der Waals surface area contributed by atoms with Gasteiger partial charge in [0.15, 0.2) is 0 Å². The summed E-state index contributed by atoms with van der Waals surface area (Å²) in [7, 11) is 0. The van der Waals surface area contributed by atoms with Crippen LogP contribution in [0.25, 0.3) is 0 Å². The number of hydrogen-bond donors (Lipinski definition) is 1. The molecule has 5 heteroatoms. The zero-order valence-corrected chi connectivity index (χ0v) is 14.8. The molecule has 0 bridgehead atoms. The van der Waals surface area contributed by atoms with Crippen molar-refractivity contribution in [2.45, 2.75) is 39.7 Å². The summed E-state index contributed by atoms with van der Waals surface area (Å²) in [6.45, 7) is 6.02. The molecule has 0 saturated carbocycles. The predicted molar refractivity (Wildman–Crippen MR) is 90.9 cm³/mol. The molecule has 3 nitrogen and oxygen atoms in total. The molecule has 0 aliphatic heterocycles. The van der Waals surface area contributed by atoms with Crippen LogP contribution >= 0.6 is 27.3 Å². The SMILES string of the molecule is CCc1nc(C)c(C(=O)NC(CC)c2ccc(Br)cc2)s1.